The lowest BCUT2D eigenvalue weighted by atomic mass is 10.1. The third kappa shape index (κ3) is 3.78. The molecular formula is C19H18N2O4S. The van der Waals surface area contributed by atoms with E-state index in [1.807, 2.05) is 29.6 Å². The Hall–Kier alpha value is -3.06. The predicted molar refractivity (Wildman–Crippen MR) is 102 cm³/mol. The smallest absolute Gasteiger partial charge is 0.261 e. The fraction of sp³-hybridized carbons (Fsp3) is 0.158. The van der Waals surface area contributed by atoms with E-state index in [1.54, 1.807) is 32.4 Å². The number of hydrogen-bond acceptors (Lipinski definition) is 6. The van der Waals surface area contributed by atoms with Crippen molar-refractivity contribution in [1.82, 2.24) is 4.98 Å². The molecule has 0 bridgehead atoms. The fourth-order valence-corrected chi connectivity index (χ4v) is 3.10. The summed E-state index contributed by atoms with van der Waals surface area (Å²) in [5.41, 5.74) is 2.11. The summed E-state index contributed by atoms with van der Waals surface area (Å²) in [6.45, 7) is 0. The molecule has 1 amide bonds. The first-order valence-electron chi connectivity index (χ1n) is 7.78. The monoisotopic (exact) mass is 370 g/mol. The molecule has 3 rings (SSSR count). The second kappa shape index (κ2) is 7.88. The standard InChI is InChI=1S/C19H18N2O4S/c1-23-13-6-4-12(5-7-13)16-11-26-19(20-16)21-18(22)15-10-14(24-2)8-9-17(15)25-3/h4-11H,1-3H3,(H,20,21,22). The van der Waals surface area contributed by atoms with E-state index in [4.69, 9.17) is 14.2 Å². The number of methoxy groups -OCH3 is 3. The fourth-order valence-electron chi connectivity index (χ4n) is 2.38. The van der Waals surface area contributed by atoms with Crippen molar-refractivity contribution in [3.63, 3.8) is 0 Å². The number of thiazole rings is 1. The number of aromatic nitrogens is 1. The molecule has 0 unspecified atom stereocenters. The van der Waals surface area contributed by atoms with Gasteiger partial charge in [-0.1, -0.05) is 0 Å². The van der Waals surface area contributed by atoms with E-state index in [0.29, 0.717) is 22.2 Å². The highest BCUT2D eigenvalue weighted by Crippen LogP contribution is 2.28. The van der Waals surface area contributed by atoms with Gasteiger partial charge in [-0.2, -0.15) is 0 Å². The Balaban J connectivity index is 1.79. The minimum atomic E-state index is -0.309. The van der Waals surface area contributed by atoms with Crippen LogP contribution < -0.4 is 19.5 Å². The van der Waals surface area contributed by atoms with E-state index in [-0.39, 0.29) is 5.91 Å². The van der Waals surface area contributed by atoms with E-state index in [2.05, 4.69) is 10.3 Å². The Labute approximate surface area is 155 Å². The lowest BCUT2D eigenvalue weighted by molar-refractivity contribution is 0.102. The Bertz CT molecular complexity index is 906. The topological polar surface area (TPSA) is 69.7 Å². The van der Waals surface area contributed by atoms with Crippen molar-refractivity contribution in [1.29, 1.82) is 0 Å². The van der Waals surface area contributed by atoms with Gasteiger partial charge in [0.1, 0.15) is 17.2 Å². The molecule has 2 aromatic carbocycles. The van der Waals surface area contributed by atoms with Gasteiger partial charge in [0.05, 0.1) is 32.6 Å². The third-order valence-electron chi connectivity index (χ3n) is 3.76. The highest BCUT2D eigenvalue weighted by molar-refractivity contribution is 7.14. The van der Waals surface area contributed by atoms with E-state index in [9.17, 15) is 4.79 Å². The number of anilines is 1. The van der Waals surface area contributed by atoms with Gasteiger partial charge in [-0.25, -0.2) is 4.98 Å². The Kier molecular flexibility index (Phi) is 5.38. The van der Waals surface area contributed by atoms with E-state index >= 15 is 0 Å². The van der Waals surface area contributed by atoms with Crippen molar-refractivity contribution in [2.24, 2.45) is 0 Å². The number of amides is 1. The third-order valence-corrected chi connectivity index (χ3v) is 4.52. The molecule has 0 fully saturated rings. The van der Waals surface area contributed by atoms with Crippen molar-refractivity contribution < 1.29 is 19.0 Å². The van der Waals surface area contributed by atoms with Gasteiger partial charge in [0.25, 0.3) is 5.91 Å². The summed E-state index contributed by atoms with van der Waals surface area (Å²) in [7, 11) is 4.69. The molecule has 0 aliphatic heterocycles. The van der Waals surface area contributed by atoms with Crippen LogP contribution >= 0.6 is 11.3 Å². The number of ether oxygens (including phenoxy) is 3. The molecule has 134 valence electrons. The van der Waals surface area contributed by atoms with Crippen LogP contribution in [0.3, 0.4) is 0 Å². The summed E-state index contributed by atoms with van der Waals surface area (Å²) < 4.78 is 15.6. The number of carbonyl (C=O) groups is 1. The highest BCUT2D eigenvalue weighted by atomic mass is 32.1. The summed E-state index contributed by atoms with van der Waals surface area (Å²) in [6.07, 6.45) is 0. The molecule has 26 heavy (non-hydrogen) atoms. The zero-order chi connectivity index (χ0) is 18.5. The Morgan fingerprint density at radius 2 is 1.65 bits per heavy atom. The molecule has 1 heterocycles. The van der Waals surface area contributed by atoms with Crippen LogP contribution in [0.4, 0.5) is 5.13 Å². The zero-order valence-electron chi connectivity index (χ0n) is 14.6. The van der Waals surface area contributed by atoms with Gasteiger partial charge < -0.3 is 14.2 Å². The largest absolute Gasteiger partial charge is 0.497 e. The van der Waals surface area contributed by atoms with Gasteiger partial charge in [-0.05, 0) is 42.5 Å². The second-order valence-corrected chi connectivity index (χ2v) is 6.14. The van der Waals surface area contributed by atoms with Crippen LogP contribution in [-0.4, -0.2) is 32.2 Å². The maximum Gasteiger partial charge on any atom is 0.261 e. The minimum absolute atomic E-state index is 0.309. The van der Waals surface area contributed by atoms with Crippen LogP contribution in [0.25, 0.3) is 11.3 Å². The molecule has 0 radical (unpaired) electrons. The number of nitrogens with zero attached hydrogens (tertiary/aromatic N) is 1. The quantitative estimate of drug-likeness (QED) is 0.708. The molecule has 1 N–H and O–H groups in total. The average molecular weight is 370 g/mol. The van der Waals surface area contributed by atoms with Crippen molar-refractivity contribution in [3.05, 3.63) is 53.4 Å². The van der Waals surface area contributed by atoms with Crippen LogP contribution in [0.15, 0.2) is 47.8 Å². The van der Waals surface area contributed by atoms with Crippen LogP contribution in [0.1, 0.15) is 10.4 Å². The van der Waals surface area contributed by atoms with E-state index < -0.39 is 0 Å². The molecular weight excluding hydrogens is 352 g/mol. The molecule has 6 nitrogen and oxygen atoms in total. The van der Waals surface area contributed by atoms with Crippen molar-refractivity contribution >= 4 is 22.4 Å². The van der Waals surface area contributed by atoms with Crippen LogP contribution in [0, 0.1) is 0 Å². The molecule has 0 aliphatic carbocycles. The first kappa shape index (κ1) is 17.8. The van der Waals surface area contributed by atoms with E-state index in [0.717, 1.165) is 17.0 Å². The van der Waals surface area contributed by atoms with Crippen LogP contribution in [-0.2, 0) is 0 Å². The van der Waals surface area contributed by atoms with Gasteiger partial charge >= 0.3 is 0 Å². The molecule has 0 aliphatic rings. The van der Waals surface area contributed by atoms with Crippen molar-refractivity contribution in [2.75, 3.05) is 26.6 Å². The highest BCUT2D eigenvalue weighted by Gasteiger charge is 2.15. The minimum Gasteiger partial charge on any atom is -0.497 e. The number of hydrogen-bond donors (Lipinski definition) is 1. The number of nitrogens with one attached hydrogen (secondary N) is 1. The average Bonchev–Trinajstić information content (AvgIpc) is 3.15. The molecule has 0 atom stereocenters. The lowest BCUT2D eigenvalue weighted by Gasteiger charge is -2.09. The summed E-state index contributed by atoms with van der Waals surface area (Å²) >= 11 is 1.35. The summed E-state index contributed by atoms with van der Waals surface area (Å²) in [4.78, 5) is 17.1. The van der Waals surface area contributed by atoms with Gasteiger partial charge in [-0.3, -0.25) is 10.1 Å². The van der Waals surface area contributed by atoms with Gasteiger partial charge in [0.2, 0.25) is 0 Å². The van der Waals surface area contributed by atoms with Crippen LogP contribution in [0.5, 0.6) is 17.2 Å². The molecule has 0 saturated heterocycles. The van der Waals surface area contributed by atoms with Gasteiger partial charge in [0.15, 0.2) is 5.13 Å². The predicted octanol–water partition coefficient (Wildman–Crippen LogP) is 4.09. The maximum atomic E-state index is 12.6. The lowest BCUT2D eigenvalue weighted by Crippen LogP contribution is -2.13. The molecule has 7 heteroatoms. The molecule has 0 saturated carbocycles. The first-order chi connectivity index (χ1) is 12.6. The summed E-state index contributed by atoms with van der Waals surface area (Å²) in [6, 6.07) is 12.6. The summed E-state index contributed by atoms with van der Waals surface area (Å²) in [5, 5.41) is 5.20. The van der Waals surface area contributed by atoms with Crippen LogP contribution in [0.2, 0.25) is 0 Å². The Morgan fingerprint density at radius 1 is 0.962 bits per heavy atom. The molecule has 0 spiro atoms. The second-order valence-electron chi connectivity index (χ2n) is 5.29. The first-order valence-corrected chi connectivity index (χ1v) is 8.66. The molecule has 3 aromatic rings. The summed E-state index contributed by atoms with van der Waals surface area (Å²) in [5.74, 6) is 1.52. The number of rotatable bonds is 6. The Morgan fingerprint density at radius 3 is 2.31 bits per heavy atom. The number of carbonyl (C=O) groups excluding carboxylic acids is 1. The number of benzene rings is 2. The zero-order valence-corrected chi connectivity index (χ0v) is 15.4. The maximum absolute atomic E-state index is 12.6. The van der Waals surface area contributed by atoms with Crippen molar-refractivity contribution in [2.45, 2.75) is 0 Å². The SMILES string of the molecule is COc1ccc(-c2csc(NC(=O)c3cc(OC)ccc3OC)n2)cc1. The normalized spacial score (nSPS) is 10.3. The van der Waals surface area contributed by atoms with Gasteiger partial charge in [-0.15, -0.1) is 11.3 Å². The molecule has 1 aromatic heterocycles. The van der Waals surface area contributed by atoms with Gasteiger partial charge in [0, 0.05) is 10.9 Å². The van der Waals surface area contributed by atoms with Crippen molar-refractivity contribution in [3.8, 4) is 28.5 Å². The van der Waals surface area contributed by atoms with E-state index in [1.165, 1.54) is 18.4 Å².